The van der Waals surface area contributed by atoms with Crippen LogP contribution >= 0.6 is 47.8 Å². The van der Waals surface area contributed by atoms with Crippen LogP contribution in [-0.2, 0) is 0 Å². The standard InChI is InChI=1S/C14H9Br3FNO/c1-7-4-12(18)11(17)6-13(7)19-14(20)9-5-8(15)2-3-10(9)16/h2-6H,1H3,(H,19,20). The molecule has 0 aliphatic rings. The molecule has 2 aromatic carbocycles. The zero-order valence-electron chi connectivity index (χ0n) is 10.3. The average Bonchev–Trinajstić information content (AvgIpc) is 2.38. The van der Waals surface area contributed by atoms with Gasteiger partial charge in [0.05, 0.1) is 10.0 Å². The van der Waals surface area contributed by atoms with Crippen LogP contribution in [0.3, 0.4) is 0 Å². The molecular formula is C14H9Br3FNO. The van der Waals surface area contributed by atoms with Crippen molar-refractivity contribution in [1.82, 2.24) is 0 Å². The highest BCUT2D eigenvalue weighted by molar-refractivity contribution is 9.11. The van der Waals surface area contributed by atoms with E-state index >= 15 is 0 Å². The molecule has 0 atom stereocenters. The van der Waals surface area contributed by atoms with Crippen LogP contribution in [0.5, 0.6) is 0 Å². The van der Waals surface area contributed by atoms with Gasteiger partial charge in [0.1, 0.15) is 5.82 Å². The second-order valence-electron chi connectivity index (χ2n) is 4.16. The number of carbonyl (C=O) groups excluding carboxylic acids is 1. The van der Waals surface area contributed by atoms with Crippen molar-refractivity contribution in [3.05, 3.63) is 60.7 Å². The molecule has 1 amide bonds. The summed E-state index contributed by atoms with van der Waals surface area (Å²) in [6, 6.07) is 8.25. The van der Waals surface area contributed by atoms with Gasteiger partial charge in [-0.05, 0) is 74.7 Å². The van der Waals surface area contributed by atoms with Crippen LogP contribution in [0, 0.1) is 12.7 Å². The molecule has 6 heteroatoms. The zero-order valence-corrected chi connectivity index (χ0v) is 15.1. The Morgan fingerprint density at radius 3 is 2.50 bits per heavy atom. The average molecular weight is 466 g/mol. The van der Waals surface area contributed by atoms with Crippen LogP contribution in [-0.4, -0.2) is 5.91 Å². The summed E-state index contributed by atoms with van der Waals surface area (Å²) in [5.41, 5.74) is 1.72. The molecule has 2 rings (SSSR count). The number of hydrogen-bond donors (Lipinski definition) is 1. The van der Waals surface area contributed by atoms with Crippen LogP contribution in [0.4, 0.5) is 10.1 Å². The lowest BCUT2D eigenvalue weighted by Crippen LogP contribution is -2.13. The number of nitrogens with one attached hydrogen (secondary N) is 1. The molecule has 0 fully saturated rings. The fourth-order valence-electron chi connectivity index (χ4n) is 1.64. The first-order valence-electron chi connectivity index (χ1n) is 5.60. The molecule has 0 bridgehead atoms. The molecule has 0 saturated carbocycles. The van der Waals surface area contributed by atoms with E-state index in [1.807, 2.05) is 6.07 Å². The molecule has 0 radical (unpaired) electrons. The predicted octanol–water partition coefficient (Wildman–Crippen LogP) is 5.67. The number of rotatable bonds is 2. The molecule has 0 aromatic heterocycles. The van der Waals surface area contributed by atoms with Crippen molar-refractivity contribution < 1.29 is 9.18 Å². The van der Waals surface area contributed by atoms with Crippen molar-refractivity contribution >= 4 is 59.4 Å². The Bertz CT molecular complexity index is 688. The van der Waals surface area contributed by atoms with E-state index in [-0.39, 0.29) is 11.7 Å². The minimum absolute atomic E-state index is 0.264. The Kier molecular flexibility index (Phi) is 4.99. The van der Waals surface area contributed by atoms with E-state index in [1.54, 1.807) is 25.1 Å². The van der Waals surface area contributed by atoms with Gasteiger partial charge in [0.15, 0.2) is 0 Å². The number of amides is 1. The smallest absolute Gasteiger partial charge is 0.256 e. The van der Waals surface area contributed by atoms with Gasteiger partial charge in [0.2, 0.25) is 0 Å². The summed E-state index contributed by atoms with van der Waals surface area (Å²) in [6.07, 6.45) is 0. The Balaban J connectivity index is 2.32. The third-order valence-corrected chi connectivity index (χ3v) is 4.48. The van der Waals surface area contributed by atoms with Gasteiger partial charge in [-0.3, -0.25) is 4.79 Å². The molecule has 2 aromatic rings. The minimum atomic E-state index is -0.357. The van der Waals surface area contributed by atoms with Gasteiger partial charge in [-0.15, -0.1) is 0 Å². The van der Waals surface area contributed by atoms with Crippen LogP contribution in [0.2, 0.25) is 0 Å². The maximum absolute atomic E-state index is 13.4. The minimum Gasteiger partial charge on any atom is -0.322 e. The van der Waals surface area contributed by atoms with Gasteiger partial charge >= 0.3 is 0 Å². The van der Waals surface area contributed by atoms with Gasteiger partial charge < -0.3 is 5.32 Å². The summed E-state index contributed by atoms with van der Waals surface area (Å²) in [4.78, 5) is 12.3. The lowest BCUT2D eigenvalue weighted by Gasteiger charge is -2.11. The first kappa shape index (κ1) is 15.7. The number of carbonyl (C=O) groups is 1. The van der Waals surface area contributed by atoms with E-state index in [0.29, 0.717) is 25.8 Å². The van der Waals surface area contributed by atoms with Crippen molar-refractivity contribution in [3.63, 3.8) is 0 Å². The second kappa shape index (κ2) is 6.37. The van der Waals surface area contributed by atoms with Gasteiger partial charge in [0, 0.05) is 14.6 Å². The quantitative estimate of drug-likeness (QED) is 0.608. The summed E-state index contributed by atoms with van der Waals surface area (Å²) in [5.74, 6) is -0.621. The number of benzene rings is 2. The molecule has 0 aliphatic heterocycles. The maximum atomic E-state index is 13.4. The highest BCUT2D eigenvalue weighted by atomic mass is 79.9. The van der Waals surface area contributed by atoms with Crippen molar-refractivity contribution in [2.75, 3.05) is 5.32 Å². The summed E-state index contributed by atoms with van der Waals surface area (Å²) >= 11 is 9.78. The Labute approximate surface area is 141 Å². The monoisotopic (exact) mass is 463 g/mol. The molecule has 0 heterocycles. The Morgan fingerprint density at radius 1 is 1.10 bits per heavy atom. The van der Waals surface area contributed by atoms with E-state index in [9.17, 15) is 9.18 Å². The third-order valence-electron chi connectivity index (χ3n) is 2.69. The summed E-state index contributed by atoms with van der Waals surface area (Å²) in [5, 5.41) is 2.78. The van der Waals surface area contributed by atoms with E-state index in [0.717, 1.165) is 4.47 Å². The highest BCUT2D eigenvalue weighted by Crippen LogP contribution is 2.26. The number of halogens is 4. The molecule has 20 heavy (non-hydrogen) atoms. The van der Waals surface area contributed by atoms with E-state index in [1.165, 1.54) is 6.07 Å². The number of aryl methyl sites for hydroxylation is 1. The number of anilines is 1. The normalized spacial score (nSPS) is 10.4. The topological polar surface area (TPSA) is 29.1 Å². The van der Waals surface area contributed by atoms with Gasteiger partial charge in [-0.1, -0.05) is 15.9 Å². The van der Waals surface area contributed by atoms with Gasteiger partial charge in [-0.2, -0.15) is 0 Å². The zero-order chi connectivity index (χ0) is 14.9. The Hall–Kier alpha value is -0.720. The molecule has 0 unspecified atom stereocenters. The first-order valence-corrected chi connectivity index (χ1v) is 7.98. The summed E-state index contributed by atoms with van der Waals surface area (Å²) in [7, 11) is 0. The van der Waals surface area contributed by atoms with E-state index in [2.05, 4.69) is 53.1 Å². The first-order chi connectivity index (χ1) is 9.38. The molecule has 1 N–H and O–H groups in total. The maximum Gasteiger partial charge on any atom is 0.256 e. The molecular weight excluding hydrogens is 457 g/mol. The van der Waals surface area contributed by atoms with Crippen LogP contribution < -0.4 is 5.32 Å². The largest absolute Gasteiger partial charge is 0.322 e. The van der Waals surface area contributed by atoms with Crippen molar-refractivity contribution in [3.8, 4) is 0 Å². The van der Waals surface area contributed by atoms with Crippen LogP contribution in [0.25, 0.3) is 0 Å². The van der Waals surface area contributed by atoms with Crippen molar-refractivity contribution in [2.24, 2.45) is 0 Å². The summed E-state index contributed by atoms with van der Waals surface area (Å²) < 4.78 is 15.2. The van der Waals surface area contributed by atoms with E-state index < -0.39 is 0 Å². The van der Waals surface area contributed by atoms with Crippen molar-refractivity contribution in [2.45, 2.75) is 6.92 Å². The van der Waals surface area contributed by atoms with Crippen molar-refractivity contribution in [1.29, 1.82) is 0 Å². The summed E-state index contributed by atoms with van der Waals surface area (Å²) in [6.45, 7) is 1.74. The lowest BCUT2D eigenvalue weighted by molar-refractivity contribution is 0.102. The molecule has 0 saturated heterocycles. The van der Waals surface area contributed by atoms with Gasteiger partial charge in [0.25, 0.3) is 5.91 Å². The molecule has 104 valence electrons. The van der Waals surface area contributed by atoms with Crippen LogP contribution in [0.1, 0.15) is 15.9 Å². The third kappa shape index (κ3) is 3.48. The van der Waals surface area contributed by atoms with E-state index in [4.69, 9.17) is 0 Å². The Morgan fingerprint density at radius 2 is 1.80 bits per heavy atom. The molecule has 0 spiro atoms. The fraction of sp³-hybridized carbons (Fsp3) is 0.0714. The van der Waals surface area contributed by atoms with Gasteiger partial charge in [-0.25, -0.2) is 4.39 Å². The van der Waals surface area contributed by atoms with Crippen LogP contribution in [0.15, 0.2) is 43.7 Å². The lowest BCUT2D eigenvalue weighted by atomic mass is 10.1. The molecule has 0 aliphatic carbocycles. The fourth-order valence-corrected chi connectivity index (χ4v) is 2.77. The number of hydrogen-bond acceptors (Lipinski definition) is 1. The molecule has 2 nitrogen and oxygen atoms in total. The second-order valence-corrected chi connectivity index (χ2v) is 6.78. The highest BCUT2D eigenvalue weighted by Gasteiger charge is 2.13. The SMILES string of the molecule is Cc1cc(F)c(Br)cc1NC(=O)c1cc(Br)ccc1Br. The predicted molar refractivity (Wildman–Crippen MR) is 88.6 cm³/mol.